The second-order valence-electron chi connectivity index (χ2n) is 11.2. The fraction of sp³-hybridized carbons (Fsp3) is 0.312. The van der Waals surface area contributed by atoms with Gasteiger partial charge in [-0.15, -0.1) is 13.2 Å². The van der Waals surface area contributed by atoms with Crippen LogP contribution >= 0.6 is 7.14 Å². The molecule has 1 aliphatic carbocycles. The van der Waals surface area contributed by atoms with Crippen molar-refractivity contribution in [1.82, 2.24) is 19.5 Å². The van der Waals surface area contributed by atoms with Crippen molar-refractivity contribution in [2.75, 3.05) is 12.8 Å². The van der Waals surface area contributed by atoms with Crippen LogP contribution in [0.25, 0.3) is 33.7 Å². The number of aromatic amines is 1. The normalized spacial score (nSPS) is 15.9. The number of imidazole rings is 2. The molecule has 2 N–H and O–H groups in total. The van der Waals surface area contributed by atoms with E-state index in [1.807, 2.05) is 53.1 Å². The van der Waals surface area contributed by atoms with Gasteiger partial charge in [0.2, 0.25) is 0 Å². The van der Waals surface area contributed by atoms with Gasteiger partial charge in [0, 0.05) is 42.1 Å². The zero-order chi connectivity index (χ0) is 30.5. The first-order valence-electron chi connectivity index (χ1n) is 14.2. The number of alkyl halides is 3. The molecule has 1 fully saturated rings. The molecular weight excluding hydrogens is 576 g/mol. The smallest absolute Gasteiger partial charge is 0.405 e. The largest absolute Gasteiger partial charge is 0.573 e. The molecule has 7 nitrogen and oxygen atoms in total. The Morgan fingerprint density at radius 3 is 2.49 bits per heavy atom. The predicted octanol–water partition coefficient (Wildman–Crippen LogP) is 7.32. The van der Waals surface area contributed by atoms with E-state index in [0.717, 1.165) is 35.2 Å². The van der Waals surface area contributed by atoms with E-state index in [-0.39, 0.29) is 11.5 Å². The van der Waals surface area contributed by atoms with Crippen LogP contribution in [0.5, 0.6) is 5.75 Å². The summed E-state index contributed by atoms with van der Waals surface area (Å²) in [5.74, 6) is 0.487. The summed E-state index contributed by atoms with van der Waals surface area (Å²) in [4.78, 5) is 12.9. The summed E-state index contributed by atoms with van der Waals surface area (Å²) in [6, 6.07) is 19.6. The summed E-state index contributed by atoms with van der Waals surface area (Å²) in [5, 5.41) is 11.3. The second-order valence-corrected chi connectivity index (χ2v) is 14.5. The molecule has 0 saturated heterocycles. The van der Waals surface area contributed by atoms with Gasteiger partial charge in [0.1, 0.15) is 30.6 Å². The molecular formula is C32H32F3N4O3P. The number of H-pyrrole nitrogens is 1. The molecule has 43 heavy (non-hydrogen) atoms. The van der Waals surface area contributed by atoms with Gasteiger partial charge in [0.05, 0.1) is 22.3 Å². The standard InChI is InChI=1S/C32H32F3N4O3P/c1-4-43(3,41)21-15-16-22(26(18-21)42-32(33,34)35)31-38-28(29(39(31)2)20-13-14-20)23-11-8-12-24-27(23)37-30(36-24)25(40)17-19-9-6-5-7-10-19/h5-12,15-16,18,20,25,40H,4,13-14,17H2,1-3H3,(H,36,37)/t25-,43-/m0/s1. The summed E-state index contributed by atoms with van der Waals surface area (Å²) < 4.78 is 60.1. The SMILES string of the molecule is CC[P@](C)(=O)c1ccc(-c2nc(-c3cccc4[nH]c([C@@H](O)Cc5ccccc5)nc34)c(C3CC3)n2C)c(OC(F)(F)F)c1. The summed E-state index contributed by atoms with van der Waals surface area (Å²) in [6.07, 6.45) is -3.23. The van der Waals surface area contributed by atoms with Gasteiger partial charge in [-0.2, -0.15) is 0 Å². The summed E-state index contributed by atoms with van der Waals surface area (Å²) in [5.41, 5.74) is 4.70. The molecule has 0 radical (unpaired) electrons. The maximum Gasteiger partial charge on any atom is 0.573 e. The average Bonchev–Trinajstić information content (AvgIpc) is 3.60. The van der Waals surface area contributed by atoms with Crippen LogP contribution in [0.3, 0.4) is 0 Å². The number of halogens is 3. The van der Waals surface area contributed by atoms with E-state index < -0.39 is 25.4 Å². The number of hydrogen-bond acceptors (Lipinski definition) is 5. The molecule has 0 spiro atoms. The molecule has 1 aliphatic rings. The van der Waals surface area contributed by atoms with Crippen LogP contribution in [0.15, 0.2) is 66.7 Å². The van der Waals surface area contributed by atoms with Crippen LogP contribution in [0.1, 0.15) is 48.9 Å². The Bertz CT molecular complexity index is 1840. The van der Waals surface area contributed by atoms with Gasteiger partial charge in [0.25, 0.3) is 0 Å². The average molecular weight is 609 g/mol. The number of hydrogen-bond donors (Lipinski definition) is 2. The maximum atomic E-state index is 13.6. The lowest BCUT2D eigenvalue weighted by Gasteiger charge is -2.17. The number of fused-ring (bicyclic) bond motifs is 1. The zero-order valence-electron chi connectivity index (χ0n) is 24.0. The van der Waals surface area contributed by atoms with E-state index in [1.165, 1.54) is 12.1 Å². The van der Waals surface area contributed by atoms with Crippen LogP contribution in [0.2, 0.25) is 0 Å². The molecule has 0 aliphatic heterocycles. The predicted molar refractivity (Wildman–Crippen MR) is 161 cm³/mol. The topological polar surface area (TPSA) is 93.0 Å². The van der Waals surface area contributed by atoms with Gasteiger partial charge < -0.3 is 24.0 Å². The highest BCUT2D eigenvalue weighted by Gasteiger charge is 2.36. The van der Waals surface area contributed by atoms with Crippen LogP contribution < -0.4 is 10.0 Å². The molecule has 224 valence electrons. The van der Waals surface area contributed by atoms with E-state index in [4.69, 9.17) is 9.97 Å². The van der Waals surface area contributed by atoms with E-state index in [2.05, 4.69) is 9.72 Å². The zero-order valence-corrected chi connectivity index (χ0v) is 24.9. The van der Waals surface area contributed by atoms with Crippen LogP contribution in [-0.4, -0.2) is 43.8 Å². The lowest BCUT2D eigenvalue weighted by molar-refractivity contribution is -0.274. The highest BCUT2D eigenvalue weighted by atomic mass is 31.2. The molecule has 2 heterocycles. The minimum Gasteiger partial charge on any atom is -0.405 e. The Morgan fingerprint density at radius 1 is 1.07 bits per heavy atom. The van der Waals surface area contributed by atoms with Crippen molar-refractivity contribution >= 4 is 23.5 Å². The van der Waals surface area contributed by atoms with Crippen LogP contribution in [0, 0.1) is 0 Å². The van der Waals surface area contributed by atoms with Gasteiger partial charge in [0.15, 0.2) is 0 Å². The van der Waals surface area contributed by atoms with Crippen molar-refractivity contribution in [3.8, 4) is 28.4 Å². The van der Waals surface area contributed by atoms with E-state index in [1.54, 1.807) is 26.7 Å². The van der Waals surface area contributed by atoms with Crippen molar-refractivity contribution in [3.05, 3.63) is 83.8 Å². The number of aliphatic hydroxyl groups is 1. The number of aromatic nitrogens is 4. The minimum absolute atomic E-state index is 0.154. The number of aliphatic hydroxyl groups excluding tert-OH is 1. The molecule has 2 aromatic heterocycles. The molecule has 1 saturated carbocycles. The fourth-order valence-electron chi connectivity index (χ4n) is 5.49. The number of nitrogens with one attached hydrogen (secondary N) is 1. The Balaban J connectivity index is 1.47. The maximum absolute atomic E-state index is 13.6. The molecule has 5 aromatic rings. The molecule has 11 heteroatoms. The third-order valence-electron chi connectivity index (χ3n) is 8.06. The number of para-hydroxylation sites is 1. The van der Waals surface area contributed by atoms with E-state index in [0.29, 0.717) is 40.7 Å². The van der Waals surface area contributed by atoms with Crippen molar-refractivity contribution in [3.63, 3.8) is 0 Å². The van der Waals surface area contributed by atoms with E-state index in [9.17, 15) is 22.8 Å². The Kier molecular flexibility index (Phi) is 7.47. The third kappa shape index (κ3) is 5.86. The Hall–Kier alpha value is -3.88. The fourth-order valence-corrected chi connectivity index (χ4v) is 6.64. The summed E-state index contributed by atoms with van der Waals surface area (Å²) >= 11 is 0. The van der Waals surface area contributed by atoms with Crippen molar-refractivity contribution in [2.45, 2.75) is 44.6 Å². The van der Waals surface area contributed by atoms with Gasteiger partial charge in [-0.25, -0.2) is 9.97 Å². The summed E-state index contributed by atoms with van der Waals surface area (Å²) in [7, 11) is -1.07. The lowest BCUT2D eigenvalue weighted by atomic mass is 10.1. The number of ether oxygens (including phenoxy) is 1. The van der Waals surface area contributed by atoms with Crippen molar-refractivity contribution in [2.24, 2.45) is 7.05 Å². The lowest BCUT2D eigenvalue weighted by Crippen LogP contribution is -2.19. The highest BCUT2D eigenvalue weighted by molar-refractivity contribution is 7.70. The molecule has 6 rings (SSSR count). The number of rotatable bonds is 9. The monoisotopic (exact) mass is 608 g/mol. The Morgan fingerprint density at radius 2 is 1.81 bits per heavy atom. The highest BCUT2D eigenvalue weighted by Crippen LogP contribution is 2.48. The van der Waals surface area contributed by atoms with Crippen LogP contribution in [-0.2, 0) is 18.0 Å². The van der Waals surface area contributed by atoms with E-state index >= 15 is 0 Å². The van der Waals surface area contributed by atoms with Crippen molar-refractivity contribution < 1.29 is 27.6 Å². The Labute approximate surface area is 247 Å². The van der Waals surface area contributed by atoms with Gasteiger partial charge >= 0.3 is 6.36 Å². The molecule has 0 bridgehead atoms. The molecule has 2 atom stereocenters. The minimum atomic E-state index is -4.94. The first kappa shape index (κ1) is 29.2. The first-order valence-corrected chi connectivity index (χ1v) is 16.5. The van der Waals surface area contributed by atoms with Crippen LogP contribution in [0.4, 0.5) is 13.2 Å². The quantitative estimate of drug-likeness (QED) is 0.171. The second kappa shape index (κ2) is 11.0. The van der Waals surface area contributed by atoms with Crippen molar-refractivity contribution in [1.29, 1.82) is 0 Å². The van der Waals surface area contributed by atoms with Gasteiger partial charge in [-0.05, 0) is 43.3 Å². The van der Waals surface area contributed by atoms with Gasteiger partial charge in [-0.1, -0.05) is 55.5 Å². The molecule has 0 unspecified atom stereocenters. The number of nitrogens with zero attached hydrogens (tertiary/aromatic N) is 3. The molecule has 3 aromatic carbocycles. The summed E-state index contributed by atoms with van der Waals surface area (Å²) in [6.45, 7) is 3.30. The molecule has 0 amide bonds. The third-order valence-corrected chi connectivity index (χ3v) is 10.6. The number of benzene rings is 3. The first-order chi connectivity index (χ1) is 20.4. The van der Waals surface area contributed by atoms with Gasteiger partial charge in [-0.3, -0.25) is 0 Å².